The van der Waals surface area contributed by atoms with E-state index in [9.17, 15) is 9.59 Å². The van der Waals surface area contributed by atoms with E-state index < -0.39 is 0 Å². The second-order valence-corrected chi connectivity index (χ2v) is 8.10. The van der Waals surface area contributed by atoms with Crippen molar-refractivity contribution in [2.24, 2.45) is 0 Å². The molecule has 158 valence electrons. The monoisotopic (exact) mass is 428 g/mol. The number of hydrogen-bond donors (Lipinski definition) is 1. The number of aromatic nitrogens is 1. The van der Waals surface area contributed by atoms with Crippen molar-refractivity contribution in [3.05, 3.63) is 53.7 Å². The van der Waals surface area contributed by atoms with Crippen LogP contribution in [0.3, 0.4) is 0 Å². The van der Waals surface area contributed by atoms with Gasteiger partial charge in [-0.1, -0.05) is 23.7 Å². The molecule has 2 heterocycles. The highest BCUT2D eigenvalue weighted by molar-refractivity contribution is 6.30. The van der Waals surface area contributed by atoms with Crippen molar-refractivity contribution in [2.45, 2.75) is 37.8 Å². The number of ether oxygens (including phenoxy) is 1. The van der Waals surface area contributed by atoms with E-state index in [4.69, 9.17) is 16.3 Å². The van der Waals surface area contributed by atoms with Gasteiger partial charge in [0, 0.05) is 42.1 Å². The second-order valence-electron chi connectivity index (χ2n) is 7.66. The standard InChI is InChI=1S/C22H25ClN4O3/c23-16-4-3-5-18(14-16)27-13-12-26(22(27)29)15-20(28)25-17-7-9-19(10-8-17)30-21-6-1-2-11-24-21/h1-6,11,14,17,19H,7-10,12-13,15H2,(H,25,28). The number of rotatable bonds is 6. The Bertz CT molecular complexity index is 887. The molecule has 1 aliphatic carbocycles. The summed E-state index contributed by atoms with van der Waals surface area (Å²) in [6, 6.07) is 12.8. The number of nitrogens with zero attached hydrogens (tertiary/aromatic N) is 3. The smallest absolute Gasteiger partial charge is 0.325 e. The molecule has 7 nitrogen and oxygen atoms in total. The first-order valence-electron chi connectivity index (χ1n) is 10.3. The third kappa shape index (κ3) is 5.02. The average Bonchev–Trinajstić information content (AvgIpc) is 3.10. The zero-order chi connectivity index (χ0) is 20.9. The van der Waals surface area contributed by atoms with E-state index in [1.54, 1.807) is 28.1 Å². The van der Waals surface area contributed by atoms with Crippen molar-refractivity contribution >= 4 is 29.2 Å². The third-order valence-corrected chi connectivity index (χ3v) is 5.75. The predicted octanol–water partition coefficient (Wildman–Crippen LogP) is 3.48. The molecule has 1 aromatic heterocycles. The summed E-state index contributed by atoms with van der Waals surface area (Å²) in [6.07, 6.45) is 5.28. The van der Waals surface area contributed by atoms with E-state index in [1.165, 1.54) is 0 Å². The van der Waals surface area contributed by atoms with Crippen LogP contribution in [0.5, 0.6) is 5.88 Å². The van der Waals surface area contributed by atoms with Gasteiger partial charge in [-0.05, 0) is 49.9 Å². The van der Waals surface area contributed by atoms with Crippen LogP contribution >= 0.6 is 11.6 Å². The Morgan fingerprint density at radius 1 is 1.13 bits per heavy atom. The molecule has 2 aliphatic rings. The molecule has 4 rings (SSSR count). The van der Waals surface area contributed by atoms with Crippen LogP contribution in [0.25, 0.3) is 0 Å². The molecule has 2 aromatic rings. The Morgan fingerprint density at radius 2 is 1.97 bits per heavy atom. The minimum atomic E-state index is -0.167. The molecule has 0 bridgehead atoms. The van der Waals surface area contributed by atoms with Crippen molar-refractivity contribution in [2.75, 3.05) is 24.5 Å². The van der Waals surface area contributed by atoms with E-state index in [0.29, 0.717) is 24.0 Å². The van der Waals surface area contributed by atoms with Crippen LogP contribution in [0.1, 0.15) is 25.7 Å². The largest absolute Gasteiger partial charge is 0.474 e. The van der Waals surface area contributed by atoms with E-state index in [1.807, 2.05) is 30.3 Å². The van der Waals surface area contributed by atoms with Crippen LogP contribution in [0.15, 0.2) is 48.7 Å². The predicted molar refractivity (Wildman–Crippen MR) is 115 cm³/mol. The van der Waals surface area contributed by atoms with E-state index in [-0.39, 0.29) is 30.6 Å². The van der Waals surface area contributed by atoms with Gasteiger partial charge in [0.2, 0.25) is 11.8 Å². The van der Waals surface area contributed by atoms with Crippen molar-refractivity contribution < 1.29 is 14.3 Å². The quantitative estimate of drug-likeness (QED) is 0.764. The minimum absolute atomic E-state index is 0.0697. The number of benzene rings is 1. The maximum atomic E-state index is 12.7. The summed E-state index contributed by atoms with van der Waals surface area (Å²) < 4.78 is 5.90. The van der Waals surface area contributed by atoms with Crippen LogP contribution in [-0.4, -0.2) is 53.6 Å². The first kappa shape index (κ1) is 20.5. The lowest BCUT2D eigenvalue weighted by molar-refractivity contribution is -0.122. The summed E-state index contributed by atoms with van der Waals surface area (Å²) >= 11 is 6.03. The molecule has 1 aromatic carbocycles. The molecule has 8 heteroatoms. The normalized spacial score (nSPS) is 21.6. The molecular formula is C22H25ClN4O3. The molecular weight excluding hydrogens is 404 g/mol. The highest BCUT2D eigenvalue weighted by atomic mass is 35.5. The highest BCUT2D eigenvalue weighted by Crippen LogP contribution is 2.24. The molecule has 1 saturated carbocycles. The lowest BCUT2D eigenvalue weighted by Crippen LogP contribution is -2.45. The Hall–Kier alpha value is -2.80. The van der Waals surface area contributed by atoms with Crippen molar-refractivity contribution in [1.82, 2.24) is 15.2 Å². The fourth-order valence-corrected chi connectivity index (χ4v) is 4.16. The van der Waals surface area contributed by atoms with Gasteiger partial charge in [-0.2, -0.15) is 0 Å². The molecule has 3 amide bonds. The van der Waals surface area contributed by atoms with Crippen LogP contribution in [-0.2, 0) is 4.79 Å². The van der Waals surface area contributed by atoms with Gasteiger partial charge < -0.3 is 15.0 Å². The minimum Gasteiger partial charge on any atom is -0.474 e. The summed E-state index contributed by atoms with van der Waals surface area (Å²) in [5.74, 6) is 0.521. The average molecular weight is 429 g/mol. The molecule has 0 atom stereocenters. The number of pyridine rings is 1. The number of urea groups is 1. The zero-order valence-electron chi connectivity index (χ0n) is 16.7. The zero-order valence-corrected chi connectivity index (χ0v) is 17.4. The van der Waals surface area contributed by atoms with E-state index in [0.717, 1.165) is 31.4 Å². The summed E-state index contributed by atoms with van der Waals surface area (Å²) in [4.78, 5) is 32.6. The Balaban J connectivity index is 1.22. The molecule has 0 spiro atoms. The molecule has 2 fully saturated rings. The summed E-state index contributed by atoms with van der Waals surface area (Å²) in [5.41, 5.74) is 0.752. The number of halogens is 1. The van der Waals surface area contributed by atoms with Gasteiger partial charge >= 0.3 is 6.03 Å². The Kier molecular flexibility index (Phi) is 6.38. The first-order valence-corrected chi connectivity index (χ1v) is 10.7. The fourth-order valence-electron chi connectivity index (χ4n) is 3.97. The molecule has 1 N–H and O–H groups in total. The van der Waals surface area contributed by atoms with Crippen LogP contribution in [0.4, 0.5) is 10.5 Å². The van der Waals surface area contributed by atoms with Gasteiger partial charge in [-0.15, -0.1) is 0 Å². The first-order chi connectivity index (χ1) is 14.6. The molecule has 1 saturated heterocycles. The number of amides is 3. The SMILES string of the molecule is O=C(CN1CCN(c2cccc(Cl)c2)C1=O)NC1CCC(Oc2ccccn2)CC1. The lowest BCUT2D eigenvalue weighted by atomic mass is 9.93. The van der Waals surface area contributed by atoms with Gasteiger partial charge in [0.15, 0.2) is 0 Å². The van der Waals surface area contributed by atoms with Gasteiger partial charge in [0.25, 0.3) is 0 Å². The maximum Gasteiger partial charge on any atom is 0.325 e. The van der Waals surface area contributed by atoms with Gasteiger partial charge in [0.05, 0.1) is 0 Å². The fraction of sp³-hybridized carbons (Fsp3) is 0.409. The summed E-state index contributed by atoms with van der Waals surface area (Å²) in [5, 5.41) is 3.65. The topological polar surface area (TPSA) is 74.8 Å². The number of carbonyl (C=O) groups excluding carboxylic acids is 2. The Morgan fingerprint density at radius 3 is 2.70 bits per heavy atom. The second kappa shape index (κ2) is 9.34. The number of nitrogens with one attached hydrogen (secondary N) is 1. The van der Waals surface area contributed by atoms with Crippen molar-refractivity contribution in [3.63, 3.8) is 0 Å². The molecule has 1 aliphatic heterocycles. The molecule has 0 radical (unpaired) electrons. The Labute approximate surface area is 181 Å². The van der Waals surface area contributed by atoms with Crippen LogP contribution < -0.4 is 15.0 Å². The van der Waals surface area contributed by atoms with Crippen LogP contribution in [0, 0.1) is 0 Å². The molecule has 0 unspecified atom stereocenters. The highest BCUT2D eigenvalue weighted by Gasteiger charge is 2.32. The summed E-state index contributed by atoms with van der Waals surface area (Å²) in [6.45, 7) is 1.13. The number of hydrogen-bond acceptors (Lipinski definition) is 4. The van der Waals surface area contributed by atoms with E-state index in [2.05, 4.69) is 10.3 Å². The number of carbonyl (C=O) groups is 2. The maximum absolute atomic E-state index is 12.7. The van der Waals surface area contributed by atoms with Gasteiger partial charge in [-0.25, -0.2) is 9.78 Å². The lowest BCUT2D eigenvalue weighted by Gasteiger charge is -2.29. The van der Waals surface area contributed by atoms with Crippen molar-refractivity contribution in [3.8, 4) is 5.88 Å². The van der Waals surface area contributed by atoms with Gasteiger partial charge in [0.1, 0.15) is 12.6 Å². The number of anilines is 1. The van der Waals surface area contributed by atoms with E-state index >= 15 is 0 Å². The van der Waals surface area contributed by atoms with Crippen LogP contribution in [0.2, 0.25) is 5.02 Å². The third-order valence-electron chi connectivity index (χ3n) is 5.51. The van der Waals surface area contributed by atoms with Gasteiger partial charge in [-0.3, -0.25) is 9.69 Å². The molecule has 30 heavy (non-hydrogen) atoms. The van der Waals surface area contributed by atoms with Crippen molar-refractivity contribution in [1.29, 1.82) is 0 Å². The summed E-state index contributed by atoms with van der Waals surface area (Å²) in [7, 11) is 0.